The number of anilines is 1. The first kappa shape index (κ1) is 12.5. The molecule has 0 aliphatic heterocycles. The van der Waals surface area contributed by atoms with Crippen LogP contribution in [0.3, 0.4) is 0 Å². The lowest BCUT2D eigenvalue weighted by molar-refractivity contribution is 0.306. The lowest BCUT2D eigenvalue weighted by Crippen LogP contribution is -2.01. The molecule has 2 aromatic rings. The molecule has 1 aliphatic rings. The van der Waals surface area contributed by atoms with Gasteiger partial charge >= 0.3 is 0 Å². The molecule has 3 rings (SSSR count). The first-order valence-corrected chi connectivity index (χ1v) is 7.31. The molecule has 0 bridgehead atoms. The van der Waals surface area contributed by atoms with Crippen LogP contribution in [0.1, 0.15) is 23.1 Å². The van der Waals surface area contributed by atoms with Crippen LogP contribution in [0.4, 0.5) is 5.69 Å². The molecular weight excluding hydrogens is 302 g/mol. The number of fused-ring (bicyclic) bond motifs is 1. The molecule has 0 saturated carbocycles. The topological polar surface area (TPSA) is 35.2 Å². The van der Waals surface area contributed by atoms with Crippen molar-refractivity contribution >= 4 is 21.6 Å². The fourth-order valence-electron chi connectivity index (χ4n) is 2.52. The molecule has 0 atom stereocenters. The van der Waals surface area contributed by atoms with E-state index in [1.165, 1.54) is 30.4 Å². The van der Waals surface area contributed by atoms with Gasteiger partial charge in [0.25, 0.3) is 0 Å². The minimum absolute atomic E-state index is 0.492. The zero-order chi connectivity index (χ0) is 13.2. The molecule has 0 heterocycles. The summed E-state index contributed by atoms with van der Waals surface area (Å²) < 4.78 is 6.86. The van der Waals surface area contributed by atoms with Gasteiger partial charge in [0.15, 0.2) is 0 Å². The summed E-state index contributed by atoms with van der Waals surface area (Å²) >= 11 is 3.51. The number of nitrogen functional groups attached to an aromatic ring is 1. The van der Waals surface area contributed by atoms with E-state index in [1.54, 1.807) is 0 Å². The Morgan fingerprint density at radius 1 is 1.11 bits per heavy atom. The van der Waals surface area contributed by atoms with Gasteiger partial charge in [0.2, 0.25) is 0 Å². The van der Waals surface area contributed by atoms with Crippen molar-refractivity contribution in [3.63, 3.8) is 0 Å². The Bertz CT molecular complexity index is 589. The fraction of sp³-hybridized carbons (Fsp3) is 0.250. The minimum Gasteiger partial charge on any atom is -0.489 e. The summed E-state index contributed by atoms with van der Waals surface area (Å²) in [6, 6.07) is 12.2. The largest absolute Gasteiger partial charge is 0.489 e. The number of hydrogen-bond acceptors (Lipinski definition) is 2. The third-order valence-corrected chi connectivity index (χ3v) is 4.35. The van der Waals surface area contributed by atoms with Crippen LogP contribution in [0.2, 0.25) is 0 Å². The number of ether oxygens (including phenoxy) is 1. The molecule has 0 spiro atoms. The third kappa shape index (κ3) is 2.61. The Labute approximate surface area is 121 Å². The van der Waals surface area contributed by atoms with E-state index in [0.29, 0.717) is 6.61 Å². The van der Waals surface area contributed by atoms with Crippen molar-refractivity contribution in [1.29, 1.82) is 0 Å². The van der Waals surface area contributed by atoms with Crippen LogP contribution in [0, 0.1) is 0 Å². The molecule has 2 aromatic carbocycles. The van der Waals surface area contributed by atoms with E-state index in [4.69, 9.17) is 10.5 Å². The first-order valence-electron chi connectivity index (χ1n) is 6.51. The maximum Gasteiger partial charge on any atom is 0.120 e. The summed E-state index contributed by atoms with van der Waals surface area (Å²) in [6.45, 7) is 0.492. The highest BCUT2D eigenvalue weighted by molar-refractivity contribution is 9.10. The second kappa shape index (κ2) is 5.25. The van der Waals surface area contributed by atoms with Gasteiger partial charge in [-0.15, -0.1) is 0 Å². The fourth-order valence-corrected chi connectivity index (χ4v) is 3.02. The van der Waals surface area contributed by atoms with Crippen molar-refractivity contribution in [2.75, 3.05) is 5.73 Å². The molecule has 0 unspecified atom stereocenters. The zero-order valence-corrected chi connectivity index (χ0v) is 12.2. The predicted octanol–water partition coefficient (Wildman–Crippen LogP) is 4.10. The molecule has 0 fully saturated rings. The summed E-state index contributed by atoms with van der Waals surface area (Å²) in [6.07, 6.45) is 3.63. The van der Waals surface area contributed by atoms with Gasteiger partial charge in [0, 0.05) is 15.7 Å². The third-order valence-electron chi connectivity index (χ3n) is 3.61. The molecule has 0 saturated heterocycles. The van der Waals surface area contributed by atoms with E-state index in [1.807, 2.05) is 18.2 Å². The van der Waals surface area contributed by atoms with Crippen molar-refractivity contribution in [3.8, 4) is 5.75 Å². The Balaban J connectivity index is 1.76. The highest BCUT2D eigenvalue weighted by atomic mass is 79.9. The molecule has 3 heteroatoms. The van der Waals surface area contributed by atoms with Crippen molar-refractivity contribution in [1.82, 2.24) is 0 Å². The highest BCUT2D eigenvalue weighted by Crippen LogP contribution is 2.28. The Kier molecular flexibility index (Phi) is 3.47. The summed E-state index contributed by atoms with van der Waals surface area (Å²) in [7, 11) is 0. The van der Waals surface area contributed by atoms with Gasteiger partial charge in [-0.1, -0.05) is 28.1 Å². The lowest BCUT2D eigenvalue weighted by atomic mass is 10.1. The quantitative estimate of drug-likeness (QED) is 0.865. The summed E-state index contributed by atoms with van der Waals surface area (Å²) in [5.74, 6) is 0.927. The molecule has 1 aliphatic carbocycles. The Morgan fingerprint density at radius 3 is 2.79 bits per heavy atom. The van der Waals surface area contributed by atoms with Gasteiger partial charge in [-0.05, 0) is 54.7 Å². The van der Waals surface area contributed by atoms with Crippen molar-refractivity contribution in [3.05, 3.63) is 57.6 Å². The van der Waals surface area contributed by atoms with E-state index >= 15 is 0 Å². The lowest BCUT2D eigenvalue weighted by Gasteiger charge is -2.11. The summed E-state index contributed by atoms with van der Waals surface area (Å²) in [5.41, 5.74) is 10.6. The minimum atomic E-state index is 0.492. The highest BCUT2D eigenvalue weighted by Gasteiger charge is 2.11. The number of nitrogens with two attached hydrogens (primary N) is 1. The Hall–Kier alpha value is -1.48. The number of halogens is 1. The standard InChI is InChI=1S/C16H16BrNO/c17-15-5-2-6-16(18)14(15)10-19-13-8-7-11-3-1-4-12(11)9-13/h2,5-9H,1,3-4,10,18H2. The van der Waals surface area contributed by atoms with Crippen LogP contribution in [-0.2, 0) is 19.4 Å². The van der Waals surface area contributed by atoms with Gasteiger partial charge in [0.05, 0.1) is 0 Å². The molecule has 2 N–H and O–H groups in total. The molecule has 0 aromatic heterocycles. The number of benzene rings is 2. The second-order valence-electron chi connectivity index (χ2n) is 4.88. The van der Waals surface area contributed by atoms with Crippen LogP contribution in [0.15, 0.2) is 40.9 Å². The van der Waals surface area contributed by atoms with Gasteiger partial charge in [-0.2, -0.15) is 0 Å². The molecular formula is C16H16BrNO. The predicted molar refractivity (Wildman–Crippen MR) is 81.4 cm³/mol. The molecule has 98 valence electrons. The van der Waals surface area contributed by atoms with Crippen LogP contribution in [-0.4, -0.2) is 0 Å². The van der Waals surface area contributed by atoms with Gasteiger partial charge < -0.3 is 10.5 Å². The maximum absolute atomic E-state index is 5.97. The molecule has 0 amide bonds. The van der Waals surface area contributed by atoms with Gasteiger partial charge in [0.1, 0.15) is 12.4 Å². The molecule has 2 nitrogen and oxygen atoms in total. The Morgan fingerprint density at radius 2 is 1.95 bits per heavy atom. The van der Waals surface area contributed by atoms with Crippen molar-refractivity contribution < 1.29 is 4.74 Å². The number of aryl methyl sites for hydroxylation is 2. The number of rotatable bonds is 3. The maximum atomic E-state index is 5.97. The molecule has 19 heavy (non-hydrogen) atoms. The first-order chi connectivity index (χ1) is 9.24. The SMILES string of the molecule is Nc1cccc(Br)c1COc1ccc2c(c1)CCC2. The summed E-state index contributed by atoms with van der Waals surface area (Å²) in [4.78, 5) is 0. The van der Waals surface area contributed by atoms with Crippen LogP contribution < -0.4 is 10.5 Å². The van der Waals surface area contributed by atoms with Crippen LogP contribution in [0.5, 0.6) is 5.75 Å². The summed E-state index contributed by atoms with van der Waals surface area (Å²) in [5, 5.41) is 0. The smallest absolute Gasteiger partial charge is 0.120 e. The monoisotopic (exact) mass is 317 g/mol. The number of hydrogen-bond donors (Lipinski definition) is 1. The normalized spacial score (nSPS) is 13.3. The van der Waals surface area contributed by atoms with Crippen LogP contribution in [0.25, 0.3) is 0 Å². The average molecular weight is 318 g/mol. The van der Waals surface area contributed by atoms with Gasteiger partial charge in [-0.25, -0.2) is 0 Å². The van der Waals surface area contributed by atoms with E-state index in [-0.39, 0.29) is 0 Å². The molecule has 0 radical (unpaired) electrons. The van der Waals surface area contributed by atoms with Crippen molar-refractivity contribution in [2.24, 2.45) is 0 Å². The van der Waals surface area contributed by atoms with E-state index in [9.17, 15) is 0 Å². The second-order valence-corrected chi connectivity index (χ2v) is 5.73. The van der Waals surface area contributed by atoms with E-state index in [2.05, 4.69) is 34.1 Å². The van der Waals surface area contributed by atoms with Crippen LogP contribution >= 0.6 is 15.9 Å². The van der Waals surface area contributed by atoms with E-state index < -0.39 is 0 Å². The zero-order valence-electron chi connectivity index (χ0n) is 10.7. The van der Waals surface area contributed by atoms with Crippen molar-refractivity contribution in [2.45, 2.75) is 25.9 Å². The van der Waals surface area contributed by atoms with E-state index in [0.717, 1.165) is 21.5 Å². The van der Waals surface area contributed by atoms with Gasteiger partial charge in [-0.3, -0.25) is 0 Å². The average Bonchev–Trinajstić information content (AvgIpc) is 2.85.